The summed E-state index contributed by atoms with van der Waals surface area (Å²) in [5.41, 5.74) is 0.933. The summed E-state index contributed by atoms with van der Waals surface area (Å²) >= 11 is 0. The minimum absolute atomic E-state index is 0.0308. The van der Waals surface area contributed by atoms with E-state index in [0.717, 1.165) is 18.4 Å². The van der Waals surface area contributed by atoms with Crippen LogP contribution in [0.25, 0.3) is 0 Å². The minimum atomic E-state index is -0.0308. The molecule has 2 rings (SSSR count). The molecule has 2 amide bonds. The van der Waals surface area contributed by atoms with Crippen LogP contribution in [0.1, 0.15) is 37.7 Å². The van der Waals surface area contributed by atoms with Crippen molar-refractivity contribution in [3.8, 4) is 11.5 Å². The number of carbonyl (C=O) groups excluding carboxylic acids is 1. The van der Waals surface area contributed by atoms with Crippen molar-refractivity contribution in [1.82, 2.24) is 10.2 Å². The highest BCUT2D eigenvalue weighted by Crippen LogP contribution is 2.31. The van der Waals surface area contributed by atoms with E-state index < -0.39 is 0 Å². The summed E-state index contributed by atoms with van der Waals surface area (Å²) in [7, 11) is 5.03. The van der Waals surface area contributed by atoms with Crippen LogP contribution in [0.2, 0.25) is 0 Å². The van der Waals surface area contributed by atoms with Crippen molar-refractivity contribution in [3.63, 3.8) is 0 Å². The van der Waals surface area contributed by atoms with Gasteiger partial charge in [0.2, 0.25) is 0 Å². The molecule has 1 aromatic rings. The van der Waals surface area contributed by atoms with Crippen molar-refractivity contribution in [1.29, 1.82) is 0 Å². The molecule has 5 heteroatoms. The zero-order valence-corrected chi connectivity index (χ0v) is 13.7. The maximum absolute atomic E-state index is 12.3. The summed E-state index contributed by atoms with van der Waals surface area (Å²) in [5.74, 6) is 1.36. The number of methoxy groups -OCH3 is 2. The highest BCUT2D eigenvalue weighted by molar-refractivity contribution is 5.74. The maximum atomic E-state index is 12.3. The minimum Gasteiger partial charge on any atom is -0.493 e. The first kappa shape index (κ1) is 16.5. The fraction of sp³-hybridized carbons (Fsp3) is 0.588. The van der Waals surface area contributed by atoms with Gasteiger partial charge in [-0.3, -0.25) is 0 Å². The highest BCUT2D eigenvalue weighted by Gasteiger charge is 2.19. The molecule has 1 aliphatic carbocycles. The third-order valence-corrected chi connectivity index (χ3v) is 4.17. The van der Waals surface area contributed by atoms with Crippen molar-refractivity contribution in [2.45, 2.75) is 44.7 Å². The molecule has 0 atom stereocenters. The summed E-state index contributed by atoms with van der Waals surface area (Å²) in [6.07, 6.45) is 5.87. The lowest BCUT2D eigenvalue weighted by Crippen LogP contribution is -2.43. The van der Waals surface area contributed by atoms with E-state index in [1.165, 1.54) is 19.3 Å². The second-order valence-corrected chi connectivity index (χ2v) is 5.79. The number of nitrogens with one attached hydrogen (secondary N) is 1. The van der Waals surface area contributed by atoms with Gasteiger partial charge in [-0.05, 0) is 18.9 Å². The van der Waals surface area contributed by atoms with E-state index in [1.807, 2.05) is 18.2 Å². The Kier molecular flexibility index (Phi) is 5.92. The Bertz CT molecular complexity index is 499. The van der Waals surface area contributed by atoms with E-state index in [1.54, 1.807) is 26.2 Å². The molecule has 122 valence electrons. The molecule has 0 bridgehead atoms. The second kappa shape index (κ2) is 7.92. The van der Waals surface area contributed by atoms with Crippen LogP contribution in [0, 0.1) is 0 Å². The number of rotatable bonds is 5. The normalized spacial score (nSPS) is 15.2. The third-order valence-electron chi connectivity index (χ3n) is 4.17. The number of urea groups is 1. The van der Waals surface area contributed by atoms with Gasteiger partial charge in [0.1, 0.15) is 0 Å². The number of benzene rings is 1. The topological polar surface area (TPSA) is 50.8 Å². The molecule has 1 aliphatic rings. The van der Waals surface area contributed by atoms with Crippen LogP contribution >= 0.6 is 0 Å². The van der Waals surface area contributed by atoms with Crippen LogP contribution in [0.5, 0.6) is 11.5 Å². The summed E-state index contributed by atoms with van der Waals surface area (Å²) < 4.78 is 10.7. The van der Waals surface area contributed by atoms with Crippen LogP contribution < -0.4 is 14.8 Å². The molecule has 1 fully saturated rings. The largest absolute Gasteiger partial charge is 0.493 e. The van der Waals surface area contributed by atoms with Gasteiger partial charge in [-0.1, -0.05) is 31.4 Å². The highest BCUT2D eigenvalue weighted by atomic mass is 16.5. The van der Waals surface area contributed by atoms with Gasteiger partial charge in [0.05, 0.1) is 20.8 Å². The number of hydrogen-bond acceptors (Lipinski definition) is 3. The predicted octanol–water partition coefficient (Wildman–Crippen LogP) is 3.18. The van der Waals surface area contributed by atoms with Crippen LogP contribution in [0.3, 0.4) is 0 Å². The van der Waals surface area contributed by atoms with E-state index in [4.69, 9.17) is 9.47 Å². The Morgan fingerprint density at radius 2 is 1.95 bits per heavy atom. The van der Waals surface area contributed by atoms with Crippen LogP contribution in [0.4, 0.5) is 4.79 Å². The number of amides is 2. The Hall–Kier alpha value is -1.91. The third kappa shape index (κ3) is 4.06. The van der Waals surface area contributed by atoms with Gasteiger partial charge in [-0.15, -0.1) is 0 Å². The molecule has 0 spiro atoms. The molecule has 22 heavy (non-hydrogen) atoms. The average molecular weight is 306 g/mol. The molecule has 0 unspecified atom stereocenters. The van der Waals surface area contributed by atoms with E-state index in [9.17, 15) is 4.79 Å². The van der Waals surface area contributed by atoms with Gasteiger partial charge in [0.25, 0.3) is 0 Å². The van der Waals surface area contributed by atoms with Crippen LogP contribution in [0.15, 0.2) is 18.2 Å². The number of ether oxygens (including phenoxy) is 2. The molecular weight excluding hydrogens is 280 g/mol. The first-order valence-electron chi connectivity index (χ1n) is 7.87. The number of carbonyl (C=O) groups is 1. The van der Waals surface area contributed by atoms with Crippen molar-refractivity contribution >= 4 is 6.03 Å². The molecule has 0 saturated heterocycles. The maximum Gasteiger partial charge on any atom is 0.317 e. The molecule has 0 radical (unpaired) electrons. The summed E-state index contributed by atoms with van der Waals surface area (Å²) in [4.78, 5) is 14.0. The first-order valence-corrected chi connectivity index (χ1v) is 7.87. The van der Waals surface area contributed by atoms with E-state index in [0.29, 0.717) is 24.1 Å². The Balaban J connectivity index is 1.98. The molecule has 1 saturated carbocycles. The van der Waals surface area contributed by atoms with Crippen LogP contribution in [-0.4, -0.2) is 38.2 Å². The van der Waals surface area contributed by atoms with E-state index in [2.05, 4.69) is 5.32 Å². The van der Waals surface area contributed by atoms with E-state index in [-0.39, 0.29) is 6.03 Å². The zero-order valence-electron chi connectivity index (χ0n) is 13.7. The monoisotopic (exact) mass is 306 g/mol. The van der Waals surface area contributed by atoms with Crippen molar-refractivity contribution < 1.29 is 14.3 Å². The van der Waals surface area contributed by atoms with Gasteiger partial charge < -0.3 is 19.7 Å². The number of para-hydroxylation sites is 1. The Morgan fingerprint density at radius 1 is 1.23 bits per heavy atom. The lowest BCUT2D eigenvalue weighted by molar-refractivity contribution is 0.198. The standard InChI is InChI=1S/C17H26N2O3/c1-19(17(20)18-14-9-5-4-6-10-14)12-13-8-7-11-15(21-2)16(13)22-3/h7-8,11,14H,4-6,9-10,12H2,1-3H3,(H,18,20). The fourth-order valence-electron chi connectivity index (χ4n) is 2.94. The molecule has 1 aromatic carbocycles. The molecular formula is C17H26N2O3. The summed E-state index contributed by atoms with van der Waals surface area (Å²) in [6, 6.07) is 5.99. The summed E-state index contributed by atoms with van der Waals surface area (Å²) in [5, 5.41) is 3.12. The molecule has 5 nitrogen and oxygen atoms in total. The summed E-state index contributed by atoms with van der Waals surface area (Å²) in [6.45, 7) is 0.485. The Morgan fingerprint density at radius 3 is 2.59 bits per heavy atom. The fourth-order valence-corrected chi connectivity index (χ4v) is 2.94. The quantitative estimate of drug-likeness (QED) is 0.909. The molecule has 0 aliphatic heterocycles. The predicted molar refractivity (Wildman–Crippen MR) is 86.4 cm³/mol. The zero-order chi connectivity index (χ0) is 15.9. The number of nitrogens with zero attached hydrogens (tertiary/aromatic N) is 1. The van der Waals surface area contributed by atoms with Crippen molar-refractivity contribution in [3.05, 3.63) is 23.8 Å². The van der Waals surface area contributed by atoms with Gasteiger partial charge in [-0.2, -0.15) is 0 Å². The van der Waals surface area contributed by atoms with Crippen LogP contribution in [-0.2, 0) is 6.54 Å². The molecule has 1 N–H and O–H groups in total. The average Bonchev–Trinajstić information content (AvgIpc) is 2.55. The van der Waals surface area contributed by atoms with Crippen molar-refractivity contribution in [2.24, 2.45) is 0 Å². The number of hydrogen-bond donors (Lipinski definition) is 1. The van der Waals surface area contributed by atoms with Gasteiger partial charge in [-0.25, -0.2) is 4.79 Å². The molecule has 0 aromatic heterocycles. The SMILES string of the molecule is COc1cccc(CN(C)C(=O)NC2CCCCC2)c1OC. The first-order chi connectivity index (χ1) is 10.7. The Labute approximate surface area is 132 Å². The van der Waals surface area contributed by atoms with Gasteiger partial charge in [0.15, 0.2) is 11.5 Å². The second-order valence-electron chi connectivity index (χ2n) is 5.79. The lowest BCUT2D eigenvalue weighted by Gasteiger charge is -2.26. The lowest BCUT2D eigenvalue weighted by atomic mass is 9.96. The smallest absolute Gasteiger partial charge is 0.317 e. The van der Waals surface area contributed by atoms with Gasteiger partial charge >= 0.3 is 6.03 Å². The van der Waals surface area contributed by atoms with Gasteiger partial charge in [0, 0.05) is 18.7 Å². The van der Waals surface area contributed by atoms with Crippen molar-refractivity contribution in [2.75, 3.05) is 21.3 Å². The molecule has 0 heterocycles. The van der Waals surface area contributed by atoms with E-state index >= 15 is 0 Å².